The van der Waals surface area contributed by atoms with E-state index >= 15 is 0 Å². The fraction of sp³-hybridized carbons (Fsp3) is 0.370. The lowest BCUT2D eigenvalue weighted by Gasteiger charge is -2.32. The third kappa shape index (κ3) is 4.40. The van der Waals surface area contributed by atoms with Crippen molar-refractivity contribution in [2.75, 3.05) is 0 Å². The topological polar surface area (TPSA) is 93.9 Å². The highest BCUT2D eigenvalue weighted by Crippen LogP contribution is 2.43. The van der Waals surface area contributed by atoms with E-state index in [1.807, 2.05) is 18.3 Å². The number of pyridine rings is 1. The predicted octanol–water partition coefficient (Wildman–Crippen LogP) is 5.58. The van der Waals surface area contributed by atoms with Crippen LogP contribution in [0.5, 0.6) is 5.75 Å². The number of ether oxygens (including phenoxy) is 1. The largest absolute Gasteiger partial charge is 0.425 e. The molecule has 0 amide bonds. The summed E-state index contributed by atoms with van der Waals surface area (Å²) in [6.45, 7) is 3.82. The Balaban J connectivity index is 1.29. The molecule has 1 saturated carbocycles. The third-order valence-corrected chi connectivity index (χ3v) is 7.15. The van der Waals surface area contributed by atoms with E-state index < -0.39 is 12.0 Å². The molecule has 5 rings (SSSR count). The zero-order valence-electron chi connectivity index (χ0n) is 19.4. The highest BCUT2D eigenvalue weighted by molar-refractivity contribution is 5.83. The fourth-order valence-corrected chi connectivity index (χ4v) is 5.15. The maximum Gasteiger partial charge on any atom is 0.328 e. The van der Waals surface area contributed by atoms with Crippen molar-refractivity contribution in [3.8, 4) is 5.75 Å². The second-order valence-electron chi connectivity index (χ2n) is 9.47. The summed E-state index contributed by atoms with van der Waals surface area (Å²) < 4.78 is 19.2. The lowest BCUT2D eigenvalue weighted by atomic mass is 9.73. The van der Waals surface area contributed by atoms with E-state index in [1.165, 1.54) is 11.6 Å². The van der Waals surface area contributed by atoms with Gasteiger partial charge < -0.3 is 15.5 Å². The average Bonchev–Trinajstić information content (AvgIpc) is 3.26. The molecule has 0 spiro atoms. The van der Waals surface area contributed by atoms with Gasteiger partial charge in [-0.3, -0.25) is 4.98 Å². The first kappa shape index (κ1) is 22.5. The summed E-state index contributed by atoms with van der Waals surface area (Å²) in [6.07, 6.45) is 6.11. The molecule has 2 aromatic heterocycles. The SMILES string of the molecule is CC(c1nc2ccc(OC(=O)[C@H](C)N)cc2[nH]1)[C@H]1CC[C@@H](c2ccnc3ccc(F)cc32)CC1. The van der Waals surface area contributed by atoms with E-state index in [2.05, 4.69) is 16.9 Å². The third-order valence-electron chi connectivity index (χ3n) is 7.15. The number of aromatic nitrogens is 3. The monoisotopic (exact) mass is 460 g/mol. The van der Waals surface area contributed by atoms with Gasteiger partial charge in [0.15, 0.2) is 0 Å². The highest BCUT2D eigenvalue weighted by atomic mass is 19.1. The molecular weight excluding hydrogens is 431 g/mol. The van der Waals surface area contributed by atoms with Gasteiger partial charge in [-0.25, -0.2) is 14.2 Å². The Morgan fingerprint density at radius 3 is 2.62 bits per heavy atom. The van der Waals surface area contributed by atoms with Crippen LogP contribution < -0.4 is 10.5 Å². The van der Waals surface area contributed by atoms with E-state index in [0.29, 0.717) is 17.6 Å². The molecule has 0 bridgehead atoms. The number of nitrogens with two attached hydrogens (primary N) is 1. The zero-order chi connectivity index (χ0) is 23.8. The number of carbonyl (C=O) groups excluding carboxylic acids is 1. The standard InChI is InChI=1S/C27H29FN4O2/c1-15(26-31-24-10-8-20(14-25(24)32-26)34-27(33)16(2)29)17-3-5-18(6-4-17)21-11-12-30-23-9-7-19(28)13-22(21)23/h7-18H,3-6,29H2,1-2H3,(H,31,32)/t15?,16-,17-,18+/m0/s1. The number of H-pyrrole nitrogens is 1. The van der Waals surface area contributed by atoms with E-state index in [-0.39, 0.29) is 11.7 Å². The molecule has 4 aromatic rings. The Morgan fingerprint density at radius 1 is 1.09 bits per heavy atom. The number of halogens is 1. The number of nitrogens with zero attached hydrogens (tertiary/aromatic N) is 2. The lowest BCUT2D eigenvalue weighted by Crippen LogP contribution is -2.30. The van der Waals surface area contributed by atoms with Crippen molar-refractivity contribution in [1.82, 2.24) is 15.0 Å². The Kier molecular flexibility index (Phi) is 6.04. The summed E-state index contributed by atoms with van der Waals surface area (Å²) in [7, 11) is 0. The summed E-state index contributed by atoms with van der Waals surface area (Å²) in [5, 5.41) is 0.928. The number of rotatable bonds is 5. The maximum absolute atomic E-state index is 13.9. The van der Waals surface area contributed by atoms with Crippen molar-refractivity contribution in [2.45, 2.75) is 57.4 Å². The lowest BCUT2D eigenvalue weighted by molar-refractivity contribution is -0.135. The highest BCUT2D eigenvalue weighted by Gasteiger charge is 2.29. The fourth-order valence-electron chi connectivity index (χ4n) is 5.15. The Morgan fingerprint density at radius 2 is 1.85 bits per heavy atom. The van der Waals surface area contributed by atoms with E-state index in [9.17, 15) is 9.18 Å². The molecule has 7 heteroatoms. The van der Waals surface area contributed by atoms with Crippen molar-refractivity contribution < 1.29 is 13.9 Å². The molecular formula is C27H29FN4O2. The van der Waals surface area contributed by atoms with Crippen molar-refractivity contribution >= 4 is 27.9 Å². The second kappa shape index (κ2) is 9.14. The van der Waals surface area contributed by atoms with Gasteiger partial charge in [0.2, 0.25) is 0 Å². The molecule has 2 atom stereocenters. The molecule has 176 valence electrons. The van der Waals surface area contributed by atoms with Crippen LogP contribution in [0.3, 0.4) is 0 Å². The minimum absolute atomic E-state index is 0.218. The summed E-state index contributed by atoms with van der Waals surface area (Å²) >= 11 is 0. The molecule has 0 radical (unpaired) electrons. The summed E-state index contributed by atoms with van der Waals surface area (Å²) in [5.41, 5.74) is 9.33. The quantitative estimate of drug-likeness (QED) is 0.299. The van der Waals surface area contributed by atoms with Gasteiger partial charge in [-0.15, -0.1) is 0 Å². The van der Waals surface area contributed by atoms with Crippen LogP contribution in [0.15, 0.2) is 48.7 Å². The van der Waals surface area contributed by atoms with Crippen LogP contribution in [-0.2, 0) is 4.79 Å². The van der Waals surface area contributed by atoms with Crippen molar-refractivity contribution in [3.63, 3.8) is 0 Å². The molecule has 34 heavy (non-hydrogen) atoms. The molecule has 2 aromatic carbocycles. The Hall–Kier alpha value is -3.32. The van der Waals surface area contributed by atoms with Crippen LogP contribution in [0.1, 0.15) is 62.8 Å². The van der Waals surface area contributed by atoms with E-state index in [4.69, 9.17) is 15.5 Å². The molecule has 3 N–H and O–H groups in total. The van der Waals surface area contributed by atoms with Crippen LogP contribution in [0, 0.1) is 11.7 Å². The summed E-state index contributed by atoms with van der Waals surface area (Å²) in [6, 6.07) is 11.6. The molecule has 1 aliphatic carbocycles. The van der Waals surface area contributed by atoms with Gasteiger partial charge in [0.05, 0.1) is 16.6 Å². The van der Waals surface area contributed by atoms with Crippen molar-refractivity contribution in [3.05, 3.63) is 65.9 Å². The minimum atomic E-state index is -0.674. The smallest absolute Gasteiger partial charge is 0.328 e. The predicted molar refractivity (Wildman–Crippen MR) is 130 cm³/mol. The van der Waals surface area contributed by atoms with Crippen LogP contribution in [0.4, 0.5) is 4.39 Å². The maximum atomic E-state index is 13.9. The van der Waals surface area contributed by atoms with E-state index in [1.54, 1.807) is 31.2 Å². The van der Waals surface area contributed by atoms with Gasteiger partial charge >= 0.3 is 5.97 Å². The van der Waals surface area contributed by atoms with Crippen LogP contribution in [-0.4, -0.2) is 27.0 Å². The first-order valence-corrected chi connectivity index (χ1v) is 11.9. The van der Waals surface area contributed by atoms with Gasteiger partial charge in [-0.2, -0.15) is 0 Å². The van der Waals surface area contributed by atoms with Gasteiger partial charge in [0.1, 0.15) is 23.4 Å². The number of carbonyl (C=O) groups is 1. The Labute approximate surface area is 197 Å². The van der Waals surface area contributed by atoms with Crippen molar-refractivity contribution in [2.24, 2.45) is 11.7 Å². The van der Waals surface area contributed by atoms with E-state index in [0.717, 1.165) is 53.4 Å². The first-order valence-electron chi connectivity index (χ1n) is 11.9. The van der Waals surface area contributed by atoms with Gasteiger partial charge in [-0.1, -0.05) is 6.92 Å². The first-order chi connectivity index (χ1) is 16.4. The number of nitrogens with one attached hydrogen (secondary N) is 1. The minimum Gasteiger partial charge on any atom is -0.425 e. The number of fused-ring (bicyclic) bond motifs is 2. The normalized spacial score (nSPS) is 20.4. The molecule has 0 saturated heterocycles. The molecule has 6 nitrogen and oxygen atoms in total. The zero-order valence-corrected chi connectivity index (χ0v) is 19.4. The molecule has 1 aliphatic rings. The van der Waals surface area contributed by atoms with Crippen molar-refractivity contribution in [1.29, 1.82) is 0 Å². The molecule has 1 unspecified atom stereocenters. The summed E-state index contributed by atoms with van der Waals surface area (Å²) in [5.74, 6) is 1.92. The Bertz CT molecular complexity index is 1340. The van der Waals surface area contributed by atoms with Gasteiger partial charge in [0, 0.05) is 23.6 Å². The second-order valence-corrected chi connectivity index (χ2v) is 9.47. The molecule has 2 heterocycles. The summed E-state index contributed by atoms with van der Waals surface area (Å²) in [4.78, 5) is 24.4. The molecule has 0 aliphatic heterocycles. The number of imidazole rings is 1. The number of hydrogen-bond acceptors (Lipinski definition) is 5. The van der Waals surface area contributed by atoms with Crippen LogP contribution in [0.2, 0.25) is 0 Å². The van der Waals surface area contributed by atoms with Crippen LogP contribution in [0.25, 0.3) is 21.9 Å². The number of hydrogen-bond donors (Lipinski definition) is 2. The van der Waals surface area contributed by atoms with Gasteiger partial charge in [-0.05, 0) is 86.4 Å². The number of aromatic amines is 1. The van der Waals surface area contributed by atoms with Crippen LogP contribution >= 0.6 is 0 Å². The van der Waals surface area contributed by atoms with Gasteiger partial charge in [0.25, 0.3) is 0 Å². The average molecular weight is 461 g/mol. The molecule has 1 fully saturated rings. The number of esters is 1. The number of benzene rings is 2.